The van der Waals surface area contributed by atoms with Gasteiger partial charge in [-0.05, 0) is 40.2 Å². The van der Waals surface area contributed by atoms with Crippen LogP contribution in [0.5, 0.6) is 0 Å². The van der Waals surface area contributed by atoms with E-state index in [4.69, 9.17) is 23.2 Å². The van der Waals surface area contributed by atoms with E-state index < -0.39 is 0 Å². The number of halogens is 3. The molecule has 0 radical (unpaired) electrons. The fraction of sp³-hybridized carbons (Fsp3) is 0.0833. The van der Waals surface area contributed by atoms with Crippen LogP contribution in [0.2, 0.25) is 10.0 Å². The monoisotopic (exact) mass is 330 g/mol. The number of benzene rings is 1. The molecule has 0 fully saturated rings. The number of anilines is 1. The molecule has 1 aromatic heterocycles. The lowest BCUT2D eigenvalue weighted by Gasteiger charge is -2.09. The summed E-state index contributed by atoms with van der Waals surface area (Å²) < 4.78 is 0.785. The summed E-state index contributed by atoms with van der Waals surface area (Å²) in [6.45, 7) is 0.610. The number of pyridine rings is 1. The summed E-state index contributed by atoms with van der Waals surface area (Å²) in [4.78, 5) is 4.22. The smallest absolute Gasteiger partial charge is 0.0835 e. The maximum Gasteiger partial charge on any atom is 0.0835 e. The van der Waals surface area contributed by atoms with Gasteiger partial charge in [-0.3, -0.25) is 4.98 Å². The van der Waals surface area contributed by atoms with E-state index >= 15 is 0 Å². The van der Waals surface area contributed by atoms with Crippen molar-refractivity contribution in [1.29, 1.82) is 0 Å². The van der Waals surface area contributed by atoms with Crippen molar-refractivity contribution in [3.8, 4) is 0 Å². The number of rotatable bonds is 3. The van der Waals surface area contributed by atoms with Crippen LogP contribution in [0.3, 0.4) is 0 Å². The minimum Gasteiger partial charge on any atom is -0.378 e. The highest BCUT2D eigenvalue weighted by Gasteiger charge is 2.07. The first kappa shape index (κ1) is 12.7. The van der Waals surface area contributed by atoms with Gasteiger partial charge in [-0.15, -0.1) is 0 Å². The Morgan fingerprint density at radius 2 is 1.94 bits per heavy atom. The zero-order chi connectivity index (χ0) is 12.3. The predicted molar refractivity (Wildman–Crippen MR) is 75.7 cm³/mol. The standard InChI is InChI=1S/C12H9BrCl2N2/c13-9-4-5-10(12(15)11(9)14)17-7-8-3-1-2-6-16-8/h1-6,17H,7H2. The van der Waals surface area contributed by atoms with Crippen LogP contribution in [-0.4, -0.2) is 4.98 Å². The van der Waals surface area contributed by atoms with Gasteiger partial charge in [-0.25, -0.2) is 0 Å². The largest absolute Gasteiger partial charge is 0.378 e. The second-order valence-electron chi connectivity index (χ2n) is 3.40. The highest BCUT2D eigenvalue weighted by Crippen LogP contribution is 2.35. The molecule has 2 rings (SSSR count). The van der Waals surface area contributed by atoms with E-state index in [9.17, 15) is 0 Å². The maximum absolute atomic E-state index is 6.12. The summed E-state index contributed by atoms with van der Waals surface area (Å²) in [5.74, 6) is 0. The third-order valence-electron chi connectivity index (χ3n) is 2.22. The van der Waals surface area contributed by atoms with Gasteiger partial charge in [0.1, 0.15) is 0 Å². The summed E-state index contributed by atoms with van der Waals surface area (Å²) in [5, 5.41) is 4.22. The summed E-state index contributed by atoms with van der Waals surface area (Å²) in [6.07, 6.45) is 1.76. The van der Waals surface area contributed by atoms with E-state index in [0.29, 0.717) is 16.6 Å². The Labute approximate surface area is 118 Å². The quantitative estimate of drug-likeness (QED) is 0.820. The molecule has 0 aliphatic carbocycles. The lowest BCUT2D eigenvalue weighted by atomic mass is 10.3. The molecular formula is C12H9BrCl2N2. The molecule has 0 atom stereocenters. The van der Waals surface area contributed by atoms with E-state index in [1.54, 1.807) is 6.20 Å². The second kappa shape index (κ2) is 5.71. The van der Waals surface area contributed by atoms with Gasteiger partial charge in [-0.2, -0.15) is 0 Å². The molecule has 0 saturated carbocycles. The first-order chi connectivity index (χ1) is 8.18. The molecule has 1 N–H and O–H groups in total. The molecule has 1 aromatic carbocycles. The molecule has 0 saturated heterocycles. The molecule has 17 heavy (non-hydrogen) atoms. The average molecular weight is 332 g/mol. The highest BCUT2D eigenvalue weighted by molar-refractivity contribution is 9.10. The van der Waals surface area contributed by atoms with Gasteiger partial charge in [0, 0.05) is 10.7 Å². The average Bonchev–Trinajstić information content (AvgIpc) is 2.36. The number of nitrogens with zero attached hydrogens (tertiary/aromatic N) is 1. The maximum atomic E-state index is 6.12. The van der Waals surface area contributed by atoms with Gasteiger partial charge in [0.15, 0.2) is 0 Å². The van der Waals surface area contributed by atoms with Gasteiger partial charge < -0.3 is 5.32 Å². The third-order valence-corrected chi connectivity index (χ3v) is 3.99. The minimum absolute atomic E-state index is 0.511. The Balaban J connectivity index is 2.13. The Morgan fingerprint density at radius 1 is 1.12 bits per heavy atom. The van der Waals surface area contributed by atoms with Crippen molar-refractivity contribution in [1.82, 2.24) is 4.98 Å². The van der Waals surface area contributed by atoms with E-state index in [2.05, 4.69) is 26.2 Å². The van der Waals surface area contributed by atoms with Crippen LogP contribution in [0, 0.1) is 0 Å². The fourth-order valence-electron chi connectivity index (χ4n) is 1.35. The Bertz CT molecular complexity index is 517. The van der Waals surface area contributed by atoms with Gasteiger partial charge in [0.2, 0.25) is 0 Å². The SMILES string of the molecule is Clc1c(Br)ccc(NCc2ccccn2)c1Cl. The van der Waals surface area contributed by atoms with Crippen LogP contribution in [0.15, 0.2) is 41.0 Å². The van der Waals surface area contributed by atoms with Crippen LogP contribution >= 0.6 is 39.1 Å². The lowest BCUT2D eigenvalue weighted by Crippen LogP contribution is -2.01. The van der Waals surface area contributed by atoms with Gasteiger partial charge in [0.25, 0.3) is 0 Å². The highest BCUT2D eigenvalue weighted by atomic mass is 79.9. The van der Waals surface area contributed by atoms with Crippen LogP contribution in [0.4, 0.5) is 5.69 Å². The summed E-state index contributed by atoms with van der Waals surface area (Å²) >= 11 is 15.5. The van der Waals surface area contributed by atoms with Gasteiger partial charge >= 0.3 is 0 Å². The topological polar surface area (TPSA) is 24.9 Å². The minimum atomic E-state index is 0.511. The molecule has 0 aliphatic rings. The number of aromatic nitrogens is 1. The van der Waals surface area contributed by atoms with Crippen molar-refractivity contribution in [2.75, 3.05) is 5.32 Å². The number of hydrogen-bond acceptors (Lipinski definition) is 2. The molecule has 0 amide bonds. The summed E-state index contributed by atoms with van der Waals surface area (Å²) in [7, 11) is 0. The first-order valence-corrected chi connectivity index (χ1v) is 6.50. The predicted octanol–water partition coefficient (Wildman–Crippen LogP) is 4.76. The second-order valence-corrected chi connectivity index (χ2v) is 5.01. The number of hydrogen-bond donors (Lipinski definition) is 1. The van der Waals surface area contributed by atoms with Gasteiger partial charge in [-0.1, -0.05) is 29.3 Å². The Kier molecular flexibility index (Phi) is 4.26. The van der Waals surface area contributed by atoms with E-state index in [1.807, 2.05) is 30.3 Å². The molecule has 5 heteroatoms. The van der Waals surface area contributed by atoms with Crippen molar-refractivity contribution >= 4 is 44.8 Å². The summed E-state index contributed by atoms with van der Waals surface area (Å²) in [6, 6.07) is 9.50. The lowest BCUT2D eigenvalue weighted by molar-refractivity contribution is 1.05. The Morgan fingerprint density at radius 3 is 2.65 bits per heavy atom. The molecule has 0 unspecified atom stereocenters. The van der Waals surface area contributed by atoms with Crippen molar-refractivity contribution < 1.29 is 0 Å². The molecule has 0 spiro atoms. The van der Waals surface area contributed by atoms with Crippen molar-refractivity contribution in [2.24, 2.45) is 0 Å². The van der Waals surface area contributed by atoms with Gasteiger partial charge in [0.05, 0.1) is 28.0 Å². The molecule has 2 aromatic rings. The summed E-state index contributed by atoms with van der Waals surface area (Å²) in [5.41, 5.74) is 1.74. The molecule has 88 valence electrons. The van der Waals surface area contributed by atoms with E-state index in [-0.39, 0.29) is 0 Å². The molecule has 2 nitrogen and oxygen atoms in total. The van der Waals surface area contributed by atoms with E-state index in [0.717, 1.165) is 15.9 Å². The molecular weight excluding hydrogens is 323 g/mol. The molecule has 0 bridgehead atoms. The molecule has 1 heterocycles. The van der Waals surface area contributed by atoms with Crippen molar-refractivity contribution in [3.05, 3.63) is 56.7 Å². The van der Waals surface area contributed by atoms with Crippen LogP contribution in [0.1, 0.15) is 5.69 Å². The molecule has 0 aliphatic heterocycles. The van der Waals surface area contributed by atoms with Crippen LogP contribution in [-0.2, 0) is 6.54 Å². The fourth-order valence-corrected chi connectivity index (χ4v) is 2.19. The third kappa shape index (κ3) is 3.12. The Hall–Kier alpha value is -0.770. The zero-order valence-electron chi connectivity index (χ0n) is 8.75. The first-order valence-electron chi connectivity index (χ1n) is 4.96. The van der Waals surface area contributed by atoms with E-state index in [1.165, 1.54) is 0 Å². The van der Waals surface area contributed by atoms with Crippen LogP contribution < -0.4 is 5.32 Å². The zero-order valence-corrected chi connectivity index (χ0v) is 11.9. The van der Waals surface area contributed by atoms with Crippen LogP contribution in [0.25, 0.3) is 0 Å². The number of nitrogens with one attached hydrogen (secondary N) is 1. The normalized spacial score (nSPS) is 10.3. The van der Waals surface area contributed by atoms with Crippen molar-refractivity contribution in [3.63, 3.8) is 0 Å². The van der Waals surface area contributed by atoms with Crippen molar-refractivity contribution in [2.45, 2.75) is 6.54 Å².